The van der Waals surface area contributed by atoms with Gasteiger partial charge in [0.2, 0.25) is 0 Å². The summed E-state index contributed by atoms with van der Waals surface area (Å²) in [6, 6.07) is 0.768. The SMILES string of the molecule is CCn1ccnc1[C@H](N[C@@H]1CCCOC1)C1CCOCC1. The maximum absolute atomic E-state index is 5.63. The number of aryl methyl sites for hydroxylation is 1. The van der Waals surface area contributed by atoms with Crippen LogP contribution in [0.2, 0.25) is 0 Å². The van der Waals surface area contributed by atoms with E-state index in [1.54, 1.807) is 0 Å². The molecule has 0 aliphatic carbocycles. The number of rotatable bonds is 5. The maximum atomic E-state index is 5.63. The van der Waals surface area contributed by atoms with Gasteiger partial charge in [0.15, 0.2) is 0 Å². The van der Waals surface area contributed by atoms with E-state index in [9.17, 15) is 0 Å². The van der Waals surface area contributed by atoms with E-state index in [4.69, 9.17) is 9.47 Å². The Bertz CT molecular complexity index is 423. The second kappa shape index (κ2) is 7.38. The van der Waals surface area contributed by atoms with Crippen molar-refractivity contribution in [1.29, 1.82) is 0 Å². The van der Waals surface area contributed by atoms with E-state index < -0.39 is 0 Å². The van der Waals surface area contributed by atoms with Crippen LogP contribution in [0.15, 0.2) is 12.4 Å². The first-order valence-electron chi connectivity index (χ1n) is 8.31. The third kappa shape index (κ3) is 3.65. The van der Waals surface area contributed by atoms with Gasteiger partial charge in [-0.1, -0.05) is 0 Å². The maximum Gasteiger partial charge on any atom is 0.126 e. The first kappa shape index (κ1) is 15.0. The number of aromatic nitrogens is 2. The summed E-state index contributed by atoms with van der Waals surface area (Å²) >= 11 is 0. The summed E-state index contributed by atoms with van der Waals surface area (Å²) in [7, 11) is 0. The molecule has 2 fully saturated rings. The highest BCUT2D eigenvalue weighted by molar-refractivity contribution is 5.03. The van der Waals surface area contributed by atoms with Gasteiger partial charge in [0.05, 0.1) is 12.6 Å². The zero-order chi connectivity index (χ0) is 14.5. The van der Waals surface area contributed by atoms with Crippen molar-refractivity contribution >= 4 is 0 Å². The number of ether oxygens (including phenoxy) is 2. The predicted molar refractivity (Wildman–Crippen MR) is 81.2 cm³/mol. The fourth-order valence-electron chi connectivity index (χ4n) is 3.46. The molecule has 1 aromatic rings. The van der Waals surface area contributed by atoms with Gasteiger partial charge in [0.1, 0.15) is 5.82 Å². The lowest BCUT2D eigenvalue weighted by Crippen LogP contribution is -2.43. The molecule has 0 radical (unpaired) electrons. The monoisotopic (exact) mass is 293 g/mol. The normalized spacial score (nSPS) is 25.9. The van der Waals surface area contributed by atoms with Crippen molar-refractivity contribution in [3.05, 3.63) is 18.2 Å². The molecule has 21 heavy (non-hydrogen) atoms. The van der Waals surface area contributed by atoms with Crippen LogP contribution in [0.1, 0.15) is 44.5 Å². The number of hydrogen-bond donors (Lipinski definition) is 1. The molecule has 3 rings (SSSR count). The van der Waals surface area contributed by atoms with Crippen molar-refractivity contribution in [1.82, 2.24) is 14.9 Å². The molecule has 3 heterocycles. The van der Waals surface area contributed by atoms with Crippen LogP contribution in [-0.4, -0.2) is 42.0 Å². The summed E-state index contributed by atoms with van der Waals surface area (Å²) in [5.74, 6) is 1.78. The van der Waals surface area contributed by atoms with Crippen LogP contribution in [0.25, 0.3) is 0 Å². The summed E-state index contributed by atoms with van der Waals surface area (Å²) < 4.78 is 13.4. The zero-order valence-corrected chi connectivity index (χ0v) is 13.0. The Morgan fingerprint density at radius 1 is 1.29 bits per heavy atom. The number of hydrogen-bond acceptors (Lipinski definition) is 4. The van der Waals surface area contributed by atoms with Gasteiger partial charge in [-0.15, -0.1) is 0 Å². The van der Waals surface area contributed by atoms with Gasteiger partial charge in [0.25, 0.3) is 0 Å². The average Bonchev–Trinajstić information content (AvgIpc) is 3.03. The van der Waals surface area contributed by atoms with Crippen molar-refractivity contribution in [2.24, 2.45) is 5.92 Å². The lowest BCUT2D eigenvalue weighted by atomic mass is 9.90. The van der Waals surface area contributed by atoms with Crippen LogP contribution in [0, 0.1) is 5.92 Å². The molecule has 0 aromatic carbocycles. The van der Waals surface area contributed by atoms with E-state index >= 15 is 0 Å². The molecule has 0 amide bonds. The molecular weight excluding hydrogens is 266 g/mol. The third-order valence-electron chi connectivity index (χ3n) is 4.68. The summed E-state index contributed by atoms with van der Waals surface area (Å²) in [5.41, 5.74) is 0. The molecule has 1 aromatic heterocycles. The molecule has 0 unspecified atom stereocenters. The van der Waals surface area contributed by atoms with Gasteiger partial charge < -0.3 is 19.4 Å². The van der Waals surface area contributed by atoms with Crippen molar-refractivity contribution in [2.75, 3.05) is 26.4 Å². The molecule has 2 saturated heterocycles. The van der Waals surface area contributed by atoms with Crippen LogP contribution < -0.4 is 5.32 Å². The Labute approximate surface area is 127 Å². The quantitative estimate of drug-likeness (QED) is 0.903. The minimum absolute atomic E-state index is 0.315. The standard InChI is InChI=1S/C16H27N3O2/c1-2-19-8-7-17-16(19)15(13-5-10-20-11-6-13)18-14-4-3-9-21-12-14/h7-8,13-15,18H,2-6,9-12H2,1H3/t14-,15-/m1/s1. The molecule has 118 valence electrons. The minimum atomic E-state index is 0.315. The largest absolute Gasteiger partial charge is 0.381 e. The first-order chi connectivity index (χ1) is 10.4. The highest BCUT2D eigenvalue weighted by atomic mass is 16.5. The predicted octanol–water partition coefficient (Wildman–Crippen LogP) is 2.14. The fourth-order valence-corrected chi connectivity index (χ4v) is 3.46. The Balaban J connectivity index is 1.76. The minimum Gasteiger partial charge on any atom is -0.381 e. The van der Waals surface area contributed by atoms with Crippen LogP contribution in [0.5, 0.6) is 0 Å². The first-order valence-corrected chi connectivity index (χ1v) is 8.31. The van der Waals surface area contributed by atoms with Crippen molar-refractivity contribution in [3.8, 4) is 0 Å². The summed E-state index contributed by atoms with van der Waals surface area (Å²) in [6.45, 7) is 6.62. The lowest BCUT2D eigenvalue weighted by Gasteiger charge is -2.35. The Kier molecular flexibility index (Phi) is 5.27. The molecule has 0 bridgehead atoms. The van der Waals surface area contributed by atoms with Gasteiger partial charge in [-0.3, -0.25) is 0 Å². The highest BCUT2D eigenvalue weighted by Gasteiger charge is 2.30. The molecule has 5 heteroatoms. The summed E-state index contributed by atoms with van der Waals surface area (Å²) in [4.78, 5) is 4.65. The van der Waals surface area contributed by atoms with E-state index in [1.807, 2.05) is 6.20 Å². The Hall–Kier alpha value is -0.910. The molecule has 0 spiro atoms. The van der Waals surface area contributed by atoms with Gasteiger partial charge in [-0.2, -0.15) is 0 Å². The zero-order valence-electron chi connectivity index (χ0n) is 13.0. The van der Waals surface area contributed by atoms with Gasteiger partial charge in [-0.05, 0) is 38.5 Å². The third-order valence-corrected chi connectivity index (χ3v) is 4.68. The van der Waals surface area contributed by atoms with E-state index in [1.165, 1.54) is 12.2 Å². The number of nitrogens with zero attached hydrogens (tertiary/aromatic N) is 2. The van der Waals surface area contributed by atoms with Crippen molar-refractivity contribution < 1.29 is 9.47 Å². The Morgan fingerprint density at radius 3 is 2.86 bits per heavy atom. The van der Waals surface area contributed by atoms with Gasteiger partial charge >= 0.3 is 0 Å². The van der Waals surface area contributed by atoms with Crippen molar-refractivity contribution in [2.45, 2.75) is 51.2 Å². The average molecular weight is 293 g/mol. The molecule has 2 aliphatic heterocycles. The van der Waals surface area contributed by atoms with Crippen molar-refractivity contribution in [3.63, 3.8) is 0 Å². The summed E-state index contributed by atoms with van der Waals surface area (Å²) in [5, 5.41) is 3.84. The molecular formula is C16H27N3O2. The van der Waals surface area contributed by atoms with E-state index in [2.05, 4.69) is 28.0 Å². The van der Waals surface area contributed by atoms with Crippen LogP contribution in [-0.2, 0) is 16.0 Å². The highest BCUT2D eigenvalue weighted by Crippen LogP contribution is 2.30. The van der Waals surface area contributed by atoms with Crippen LogP contribution in [0.3, 0.4) is 0 Å². The second-order valence-corrected chi connectivity index (χ2v) is 6.08. The smallest absolute Gasteiger partial charge is 0.126 e. The molecule has 1 N–H and O–H groups in total. The second-order valence-electron chi connectivity index (χ2n) is 6.08. The van der Waals surface area contributed by atoms with E-state index in [-0.39, 0.29) is 0 Å². The molecule has 5 nitrogen and oxygen atoms in total. The molecule has 0 saturated carbocycles. The molecule has 2 aliphatic rings. The fraction of sp³-hybridized carbons (Fsp3) is 0.812. The topological polar surface area (TPSA) is 48.3 Å². The van der Waals surface area contributed by atoms with Gasteiger partial charge in [0, 0.05) is 44.8 Å². The van der Waals surface area contributed by atoms with Crippen LogP contribution >= 0.6 is 0 Å². The van der Waals surface area contributed by atoms with E-state index in [0.29, 0.717) is 18.0 Å². The molecule has 2 atom stereocenters. The Morgan fingerprint density at radius 2 is 2.14 bits per heavy atom. The van der Waals surface area contributed by atoms with E-state index in [0.717, 1.165) is 52.2 Å². The van der Waals surface area contributed by atoms with Crippen LogP contribution in [0.4, 0.5) is 0 Å². The van der Waals surface area contributed by atoms with Gasteiger partial charge in [-0.25, -0.2) is 4.98 Å². The lowest BCUT2D eigenvalue weighted by molar-refractivity contribution is 0.0346. The number of nitrogens with one attached hydrogen (secondary N) is 1. The summed E-state index contributed by atoms with van der Waals surface area (Å²) in [6.07, 6.45) is 8.58. The number of imidazole rings is 1.